The van der Waals surface area contributed by atoms with Crippen LogP contribution in [0.4, 0.5) is 4.39 Å². The van der Waals surface area contributed by atoms with E-state index in [4.69, 9.17) is 10.5 Å². The molecule has 2 N–H and O–H groups in total. The molecule has 0 spiro atoms. The molecule has 0 saturated heterocycles. The van der Waals surface area contributed by atoms with Crippen molar-refractivity contribution in [3.63, 3.8) is 0 Å². The highest BCUT2D eigenvalue weighted by molar-refractivity contribution is 5.44. The molecule has 0 aliphatic heterocycles. The summed E-state index contributed by atoms with van der Waals surface area (Å²) in [6.45, 7) is 1.81. The number of halogens is 1. The molecular weight excluding hydrogens is 231 g/mol. The number of nitrogens with zero attached hydrogens (tertiary/aromatic N) is 1. The van der Waals surface area contributed by atoms with Gasteiger partial charge in [-0.05, 0) is 24.6 Å². The van der Waals surface area contributed by atoms with Gasteiger partial charge in [-0.15, -0.1) is 0 Å². The van der Waals surface area contributed by atoms with Gasteiger partial charge < -0.3 is 10.5 Å². The number of methoxy groups -OCH3 is 1. The highest BCUT2D eigenvalue weighted by Gasteiger charge is 2.27. The Morgan fingerprint density at radius 3 is 2.67 bits per heavy atom. The summed E-state index contributed by atoms with van der Waals surface area (Å²) in [4.78, 5) is 3.84. The molecule has 3 nitrogen and oxygen atoms in total. The van der Waals surface area contributed by atoms with Crippen LogP contribution < -0.4 is 10.5 Å². The maximum atomic E-state index is 13.2. The normalized spacial score (nSPS) is 14.0. The summed E-state index contributed by atoms with van der Waals surface area (Å²) in [6, 6.07) is 8.81. The summed E-state index contributed by atoms with van der Waals surface area (Å²) < 4.78 is 18.5. The minimum absolute atomic E-state index is 0.404. The number of rotatable bonds is 3. The summed E-state index contributed by atoms with van der Waals surface area (Å²) in [5.74, 6) is 0.269. The predicted octanol–water partition coefficient (Wildman–Crippen LogP) is 2.45. The van der Waals surface area contributed by atoms with Crippen molar-refractivity contribution in [2.75, 3.05) is 7.11 Å². The number of para-hydroxylation sites is 1. The Balaban J connectivity index is 2.54. The second-order valence-electron chi connectivity index (χ2n) is 4.29. The molecule has 1 heterocycles. The van der Waals surface area contributed by atoms with Gasteiger partial charge >= 0.3 is 0 Å². The zero-order chi connectivity index (χ0) is 13.2. The Hall–Kier alpha value is -1.94. The predicted molar refractivity (Wildman–Crippen MR) is 67.8 cm³/mol. The zero-order valence-electron chi connectivity index (χ0n) is 10.4. The standard InChI is InChI=1S/C14H15FN2O/c1-14(16,10-7-11(15)9-17-8-10)12-5-3-4-6-13(12)18-2/h3-9H,16H2,1-2H3. The third-order valence-corrected chi connectivity index (χ3v) is 2.97. The van der Waals surface area contributed by atoms with E-state index < -0.39 is 11.4 Å². The number of ether oxygens (including phenoxy) is 1. The third-order valence-electron chi connectivity index (χ3n) is 2.97. The third kappa shape index (κ3) is 2.19. The molecule has 1 atom stereocenters. The van der Waals surface area contributed by atoms with Gasteiger partial charge in [0.25, 0.3) is 0 Å². The first-order valence-electron chi connectivity index (χ1n) is 5.59. The van der Waals surface area contributed by atoms with Crippen molar-refractivity contribution >= 4 is 0 Å². The van der Waals surface area contributed by atoms with Gasteiger partial charge in [0.1, 0.15) is 11.6 Å². The average molecular weight is 246 g/mol. The highest BCUT2D eigenvalue weighted by Crippen LogP contribution is 2.32. The Kier molecular flexibility index (Phi) is 3.30. The maximum absolute atomic E-state index is 13.2. The molecule has 1 unspecified atom stereocenters. The van der Waals surface area contributed by atoms with Gasteiger partial charge in [-0.2, -0.15) is 0 Å². The largest absolute Gasteiger partial charge is 0.496 e. The lowest BCUT2D eigenvalue weighted by Crippen LogP contribution is -2.35. The van der Waals surface area contributed by atoms with Crippen LogP contribution in [0.25, 0.3) is 0 Å². The van der Waals surface area contributed by atoms with E-state index in [1.807, 2.05) is 24.3 Å². The molecule has 1 aromatic heterocycles. The number of benzene rings is 1. The van der Waals surface area contributed by atoms with Crippen LogP contribution >= 0.6 is 0 Å². The van der Waals surface area contributed by atoms with Gasteiger partial charge in [-0.3, -0.25) is 4.98 Å². The molecular formula is C14H15FN2O. The van der Waals surface area contributed by atoms with E-state index in [2.05, 4.69) is 4.98 Å². The lowest BCUT2D eigenvalue weighted by Gasteiger charge is -2.27. The molecule has 18 heavy (non-hydrogen) atoms. The van der Waals surface area contributed by atoms with Crippen molar-refractivity contribution in [3.8, 4) is 5.75 Å². The summed E-state index contributed by atoms with van der Waals surface area (Å²) in [5.41, 5.74) is 6.85. The molecule has 0 aliphatic carbocycles. The SMILES string of the molecule is COc1ccccc1C(C)(N)c1cncc(F)c1. The smallest absolute Gasteiger partial charge is 0.141 e. The second-order valence-corrected chi connectivity index (χ2v) is 4.29. The minimum Gasteiger partial charge on any atom is -0.496 e. The number of aromatic nitrogens is 1. The van der Waals surface area contributed by atoms with E-state index in [-0.39, 0.29) is 0 Å². The molecule has 0 bridgehead atoms. The Labute approximate surface area is 105 Å². The topological polar surface area (TPSA) is 48.1 Å². The first kappa shape index (κ1) is 12.5. The van der Waals surface area contributed by atoms with E-state index in [0.717, 1.165) is 11.8 Å². The summed E-state index contributed by atoms with van der Waals surface area (Å²) in [6.07, 6.45) is 2.72. The molecule has 0 fully saturated rings. The van der Waals surface area contributed by atoms with Crippen molar-refractivity contribution in [2.24, 2.45) is 5.73 Å². The monoisotopic (exact) mass is 246 g/mol. The minimum atomic E-state index is -0.859. The Morgan fingerprint density at radius 2 is 2.00 bits per heavy atom. The van der Waals surface area contributed by atoms with Crippen LogP contribution in [0.2, 0.25) is 0 Å². The van der Waals surface area contributed by atoms with Crippen LogP contribution in [-0.4, -0.2) is 12.1 Å². The summed E-state index contributed by atoms with van der Waals surface area (Å²) >= 11 is 0. The van der Waals surface area contributed by atoms with Gasteiger partial charge in [0, 0.05) is 11.8 Å². The maximum Gasteiger partial charge on any atom is 0.141 e. The van der Waals surface area contributed by atoms with Crippen molar-refractivity contribution in [2.45, 2.75) is 12.5 Å². The molecule has 2 rings (SSSR count). The van der Waals surface area contributed by atoms with E-state index in [1.54, 1.807) is 20.2 Å². The van der Waals surface area contributed by atoms with Crippen LogP contribution in [-0.2, 0) is 5.54 Å². The van der Waals surface area contributed by atoms with E-state index in [1.165, 1.54) is 6.07 Å². The number of nitrogens with two attached hydrogens (primary N) is 1. The van der Waals surface area contributed by atoms with Crippen molar-refractivity contribution in [1.29, 1.82) is 0 Å². The first-order chi connectivity index (χ1) is 8.55. The van der Waals surface area contributed by atoms with Crippen molar-refractivity contribution < 1.29 is 9.13 Å². The van der Waals surface area contributed by atoms with Crippen LogP contribution in [0.15, 0.2) is 42.7 Å². The Bertz CT molecular complexity index is 555. The van der Waals surface area contributed by atoms with Gasteiger partial charge in [-0.25, -0.2) is 4.39 Å². The fraction of sp³-hybridized carbons (Fsp3) is 0.214. The van der Waals surface area contributed by atoms with Crippen LogP contribution in [0.5, 0.6) is 5.75 Å². The number of pyridine rings is 1. The van der Waals surface area contributed by atoms with Crippen LogP contribution in [0.3, 0.4) is 0 Å². The summed E-state index contributed by atoms with van der Waals surface area (Å²) in [7, 11) is 1.58. The van der Waals surface area contributed by atoms with Crippen LogP contribution in [0.1, 0.15) is 18.1 Å². The molecule has 0 aliphatic rings. The first-order valence-corrected chi connectivity index (χ1v) is 5.59. The second kappa shape index (κ2) is 4.74. The van der Waals surface area contributed by atoms with Gasteiger partial charge in [-0.1, -0.05) is 18.2 Å². The highest BCUT2D eigenvalue weighted by atomic mass is 19.1. The fourth-order valence-electron chi connectivity index (χ4n) is 1.93. The number of hydrogen-bond donors (Lipinski definition) is 1. The van der Waals surface area contributed by atoms with E-state index in [9.17, 15) is 4.39 Å². The van der Waals surface area contributed by atoms with Gasteiger partial charge in [0.2, 0.25) is 0 Å². The van der Waals surface area contributed by atoms with Crippen molar-refractivity contribution in [3.05, 3.63) is 59.7 Å². The lowest BCUT2D eigenvalue weighted by molar-refractivity contribution is 0.398. The van der Waals surface area contributed by atoms with Gasteiger partial charge in [0.15, 0.2) is 0 Å². The lowest BCUT2D eigenvalue weighted by atomic mass is 9.86. The molecule has 0 amide bonds. The van der Waals surface area contributed by atoms with Crippen LogP contribution in [0, 0.1) is 5.82 Å². The van der Waals surface area contributed by atoms with Crippen molar-refractivity contribution in [1.82, 2.24) is 4.98 Å². The molecule has 1 aromatic carbocycles. The Morgan fingerprint density at radius 1 is 1.28 bits per heavy atom. The molecule has 4 heteroatoms. The van der Waals surface area contributed by atoms with Gasteiger partial charge in [0.05, 0.1) is 18.8 Å². The fourth-order valence-corrected chi connectivity index (χ4v) is 1.93. The quantitative estimate of drug-likeness (QED) is 0.905. The molecule has 2 aromatic rings. The molecule has 0 saturated carbocycles. The average Bonchev–Trinajstić information content (AvgIpc) is 2.38. The van der Waals surface area contributed by atoms with E-state index >= 15 is 0 Å². The summed E-state index contributed by atoms with van der Waals surface area (Å²) in [5, 5.41) is 0. The zero-order valence-corrected chi connectivity index (χ0v) is 10.4. The van der Waals surface area contributed by atoms with E-state index in [0.29, 0.717) is 11.3 Å². The number of hydrogen-bond acceptors (Lipinski definition) is 3. The molecule has 0 radical (unpaired) electrons. The molecule has 94 valence electrons.